The molecular formula is C10H13N5. The molecule has 0 aliphatic heterocycles. The smallest absolute Gasteiger partial charge is 0.0796 e. The maximum atomic E-state index is 6.10. The molecule has 0 bridgehead atoms. The molecule has 2 N–H and O–H groups in total. The number of hydrogen-bond acceptors (Lipinski definition) is 4. The third-order valence-electron chi connectivity index (χ3n) is 2.35. The Balaban J connectivity index is 2.36. The standard InChI is InChI=1S/C10H13N5/c1-7-5-8(3-4-12-7)10(11)9-6-13-14-15(9)2/h3-6,10H,11H2,1-2H3. The zero-order valence-electron chi connectivity index (χ0n) is 8.75. The molecule has 0 spiro atoms. The van der Waals surface area contributed by atoms with Crippen molar-refractivity contribution in [2.75, 3.05) is 0 Å². The molecule has 15 heavy (non-hydrogen) atoms. The van der Waals surface area contributed by atoms with Gasteiger partial charge in [-0.3, -0.25) is 9.67 Å². The Morgan fingerprint density at radius 1 is 1.47 bits per heavy atom. The lowest BCUT2D eigenvalue weighted by Crippen LogP contribution is -2.16. The lowest BCUT2D eigenvalue weighted by atomic mass is 10.1. The fourth-order valence-electron chi connectivity index (χ4n) is 1.51. The van der Waals surface area contributed by atoms with E-state index >= 15 is 0 Å². The molecule has 0 amide bonds. The summed E-state index contributed by atoms with van der Waals surface area (Å²) in [6.07, 6.45) is 3.44. The van der Waals surface area contributed by atoms with Crippen LogP contribution in [0.2, 0.25) is 0 Å². The molecule has 1 atom stereocenters. The van der Waals surface area contributed by atoms with E-state index in [-0.39, 0.29) is 6.04 Å². The van der Waals surface area contributed by atoms with Crippen molar-refractivity contribution in [2.45, 2.75) is 13.0 Å². The summed E-state index contributed by atoms with van der Waals surface area (Å²) < 4.78 is 1.68. The number of aromatic nitrogens is 4. The molecule has 2 heterocycles. The van der Waals surface area contributed by atoms with Crippen LogP contribution in [0.25, 0.3) is 0 Å². The van der Waals surface area contributed by atoms with Crippen LogP contribution in [-0.4, -0.2) is 20.0 Å². The van der Waals surface area contributed by atoms with Gasteiger partial charge < -0.3 is 5.73 Å². The predicted octanol–water partition coefficient (Wildman–Crippen LogP) is 0.567. The van der Waals surface area contributed by atoms with Gasteiger partial charge in [0, 0.05) is 18.9 Å². The quantitative estimate of drug-likeness (QED) is 0.774. The Bertz CT molecular complexity index is 462. The molecule has 5 nitrogen and oxygen atoms in total. The van der Waals surface area contributed by atoms with E-state index in [4.69, 9.17) is 5.73 Å². The Hall–Kier alpha value is -1.75. The van der Waals surface area contributed by atoms with Crippen LogP contribution in [-0.2, 0) is 7.05 Å². The lowest BCUT2D eigenvalue weighted by Gasteiger charge is -2.11. The number of pyridine rings is 1. The van der Waals surface area contributed by atoms with Crippen molar-refractivity contribution < 1.29 is 0 Å². The van der Waals surface area contributed by atoms with Gasteiger partial charge in [0.1, 0.15) is 0 Å². The Kier molecular flexibility index (Phi) is 2.47. The second kappa shape index (κ2) is 3.78. The molecule has 1 unspecified atom stereocenters. The normalized spacial score (nSPS) is 12.7. The maximum Gasteiger partial charge on any atom is 0.0796 e. The zero-order chi connectivity index (χ0) is 10.8. The summed E-state index contributed by atoms with van der Waals surface area (Å²) in [4.78, 5) is 4.13. The summed E-state index contributed by atoms with van der Waals surface area (Å²) in [7, 11) is 1.83. The zero-order valence-corrected chi connectivity index (χ0v) is 8.75. The van der Waals surface area contributed by atoms with Crippen LogP contribution in [0.5, 0.6) is 0 Å². The van der Waals surface area contributed by atoms with Gasteiger partial charge >= 0.3 is 0 Å². The highest BCUT2D eigenvalue weighted by molar-refractivity contribution is 5.26. The van der Waals surface area contributed by atoms with Gasteiger partial charge in [-0.05, 0) is 24.6 Å². The summed E-state index contributed by atoms with van der Waals surface area (Å²) in [6.45, 7) is 1.94. The molecule has 0 saturated heterocycles. The average molecular weight is 203 g/mol. The molecule has 2 rings (SSSR count). The molecule has 0 fully saturated rings. The number of nitrogens with two attached hydrogens (primary N) is 1. The topological polar surface area (TPSA) is 69.6 Å². The molecule has 78 valence electrons. The second-order valence-corrected chi connectivity index (χ2v) is 3.49. The molecule has 0 aromatic carbocycles. The van der Waals surface area contributed by atoms with Crippen LogP contribution in [0, 0.1) is 6.92 Å². The Morgan fingerprint density at radius 2 is 2.27 bits per heavy atom. The lowest BCUT2D eigenvalue weighted by molar-refractivity contribution is 0.650. The van der Waals surface area contributed by atoms with E-state index in [0.29, 0.717) is 0 Å². The van der Waals surface area contributed by atoms with E-state index in [1.807, 2.05) is 26.1 Å². The highest BCUT2D eigenvalue weighted by Gasteiger charge is 2.13. The summed E-state index contributed by atoms with van der Waals surface area (Å²) in [5.74, 6) is 0. The van der Waals surface area contributed by atoms with E-state index in [9.17, 15) is 0 Å². The largest absolute Gasteiger partial charge is 0.319 e. The van der Waals surface area contributed by atoms with E-state index in [1.54, 1.807) is 17.1 Å². The maximum absolute atomic E-state index is 6.10. The first-order valence-electron chi connectivity index (χ1n) is 4.71. The molecule has 0 aliphatic carbocycles. The fraction of sp³-hybridized carbons (Fsp3) is 0.300. The fourth-order valence-corrected chi connectivity index (χ4v) is 1.51. The third kappa shape index (κ3) is 1.87. The van der Waals surface area contributed by atoms with Gasteiger partial charge in [-0.1, -0.05) is 5.21 Å². The minimum Gasteiger partial charge on any atom is -0.319 e. The van der Waals surface area contributed by atoms with Crippen molar-refractivity contribution in [2.24, 2.45) is 12.8 Å². The SMILES string of the molecule is Cc1cc(C(N)c2cnnn2C)ccn1. The van der Waals surface area contributed by atoms with E-state index in [1.165, 1.54) is 0 Å². The number of aryl methyl sites for hydroxylation is 2. The first kappa shape index (κ1) is 9.79. The number of hydrogen-bond donors (Lipinski definition) is 1. The van der Waals surface area contributed by atoms with Crippen molar-refractivity contribution in [3.8, 4) is 0 Å². The summed E-state index contributed by atoms with van der Waals surface area (Å²) in [6, 6.07) is 3.68. The first-order chi connectivity index (χ1) is 7.18. The molecule has 2 aromatic heterocycles. The molecule has 2 aromatic rings. The Morgan fingerprint density at radius 3 is 2.87 bits per heavy atom. The van der Waals surface area contributed by atoms with E-state index in [0.717, 1.165) is 17.0 Å². The van der Waals surface area contributed by atoms with Gasteiger partial charge in [-0.15, -0.1) is 5.10 Å². The minimum absolute atomic E-state index is 0.202. The van der Waals surface area contributed by atoms with E-state index < -0.39 is 0 Å². The number of rotatable bonds is 2. The Labute approximate surface area is 87.9 Å². The molecule has 5 heteroatoms. The van der Waals surface area contributed by atoms with Crippen LogP contribution in [0.3, 0.4) is 0 Å². The van der Waals surface area contributed by atoms with Crippen LogP contribution < -0.4 is 5.73 Å². The van der Waals surface area contributed by atoms with Crippen molar-refractivity contribution in [1.82, 2.24) is 20.0 Å². The van der Waals surface area contributed by atoms with Crippen molar-refractivity contribution in [3.63, 3.8) is 0 Å². The van der Waals surface area contributed by atoms with Crippen LogP contribution >= 0.6 is 0 Å². The van der Waals surface area contributed by atoms with Gasteiger partial charge in [0.05, 0.1) is 17.9 Å². The monoisotopic (exact) mass is 203 g/mol. The van der Waals surface area contributed by atoms with Crippen molar-refractivity contribution >= 4 is 0 Å². The van der Waals surface area contributed by atoms with E-state index in [2.05, 4.69) is 15.3 Å². The average Bonchev–Trinajstić information content (AvgIpc) is 2.63. The molecule has 0 saturated carbocycles. The number of nitrogens with zero attached hydrogens (tertiary/aromatic N) is 4. The predicted molar refractivity (Wildman–Crippen MR) is 56.0 cm³/mol. The first-order valence-corrected chi connectivity index (χ1v) is 4.71. The summed E-state index contributed by atoms with van der Waals surface area (Å²) >= 11 is 0. The highest BCUT2D eigenvalue weighted by atomic mass is 15.4. The van der Waals surface area contributed by atoms with Gasteiger partial charge in [0.15, 0.2) is 0 Å². The third-order valence-corrected chi connectivity index (χ3v) is 2.35. The van der Waals surface area contributed by atoms with Crippen LogP contribution in [0.1, 0.15) is 23.0 Å². The van der Waals surface area contributed by atoms with Crippen LogP contribution in [0.15, 0.2) is 24.5 Å². The molecule has 0 aliphatic rings. The van der Waals surface area contributed by atoms with Gasteiger partial charge in [0.2, 0.25) is 0 Å². The van der Waals surface area contributed by atoms with Crippen molar-refractivity contribution in [1.29, 1.82) is 0 Å². The molecule has 0 radical (unpaired) electrons. The summed E-state index contributed by atoms with van der Waals surface area (Å²) in [5.41, 5.74) is 8.97. The van der Waals surface area contributed by atoms with Crippen LogP contribution in [0.4, 0.5) is 0 Å². The van der Waals surface area contributed by atoms with Crippen molar-refractivity contribution in [3.05, 3.63) is 41.5 Å². The van der Waals surface area contributed by atoms with Gasteiger partial charge in [-0.25, -0.2) is 0 Å². The second-order valence-electron chi connectivity index (χ2n) is 3.49. The molecular weight excluding hydrogens is 190 g/mol. The van der Waals surface area contributed by atoms with Gasteiger partial charge in [0.25, 0.3) is 0 Å². The minimum atomic E-state index is -0.202. The highest BCUT2D eigenvalue weighted by Crippen LogP contribution is 2.17. The van der Waals surface area contributed by atoms with Gasteiger partial charge in [-0.2, -0.15) is 0 Å². The summed E-state index contributed by atoms with van der Waals surface area (Å²) in [5, 5.41) is 7.66.